The molecule has 0 aliphatic carbocycles. The monoisotopic (exact) mass is 389 g/mol. The molecule has 0 spiro atoms. The van der Waals surface area contributed by atoms with Gasteiger partial charge in [0.1, 0.15) is 5.69 Å². The van der Waals surface area contributed by atoms with Crippen molar-refractivity contribution in [2.75, 3.05) is 26.2 Å². The normalized spacial score (nSPS) is 21.8. The topological polar surface area (TPSA) is 36.4 Å². The van der Waals surface area contributed by atoms with Crippen molar-refractivity contribution in [2.45, 2.75) is 6.54 Å². The molecule has 3 aromatic rings. The highest BCUT2D eigenvalue weighted by Crippen LogP contribution is 2.33. The van der Waals surface area contributed by atoms with Crippen LogP contribution in [0.3, 0.4) is 0 Å². The fourth-order valence-electron chi connectivity index (χ4n) is 4.56. The summed E-state index contributed by atoms with van der Waals surface area (Å²) in [7, 11) is 0. The van der Waals surface area contributed by atoms with E-state index < -0.39 is 0 Å². The third kappa shape index (κ3) is 3.48. The number of aromatic nitrogens is 1. The largest absolute Gasteiger partial charge is 0.337 e. The molecule has 2 fully saturated rings. The van der Waals surface area contributed by atoms with E-state index in [9.17, 15) is 4.79 Å². The number of carbonyl (C=O) groups excluding carboxylic acids is 1. The predicted octanol–water partition coefficient (Wildman–Crippen LogP) is 4.01. The van der Waals surface area contributed by atoms with Crippen molar-refractivity contribution in [2.24, 2.45) is 11.8 Å². The van der Waals surface area contributed by atoms with E-state index in [1.165, 1.54) is 28.0 Å². The van der Waals surface area contributed by atoms with Crippen LogP contribution in [0.15, 0.2) is 65.5 Å². The molecule has 2 aliphatic rings. The number of likely N-dealkylation sites (tertiary alicyclic amines) is 2. The summed E-state index contributed by atoms with van der Waals surface area (Å²) >= 11 is 1.48. The molecule has 3 heterocycles. The number of carbonyl (C=O) groups is 1. The number of rotatable bonds is 4. The minimum Gasteiger partial charge on any atom is -0.337 e. The van der Waals surface area contributed by atoms with E-state index >= 15 is 0 Å². The summed E-state index contributed by atoms with van der Waals surface area (Å²) < 4.78 is 0. The average Bonchev–Trinajstić information content (AvgIpc) is 3.45. The van der Waals surface area contributed by atoms with Gasteiger partial charge in [-0.25, -0.2) is 4.98 Å². The molecule has 2 atom stereocenters. The third-order valence-corrected chi connectivity index (χ3v) is 6.55. The van der Waals surface area contributed by atoms with Gasteiger partial charge in [0.05, 0.1) is 5.51 Å². The maximum absolute atomic E-state index is 12.5. The van der Waals surface area contributed by atoms with Gasteiger partial charge < -0.3 is 4.90 Å². The Labute approximate surface area is 169 Å². The summed E-state index contributed by atoms with van der Waals surface area (Å²) in [5.41, 5.74) is 6.21. The summed E-state index contributed by atoms with van der Waals surface area (Å²) in [5, 5.41) is 1.85. The van der Waals surface area contributed by atoms with E-state index in [4.69, 9.17) is 0 Å². The van der Waals surface area contributed by atoms with Gasteiger partial charge in [-0.2, -0.15) is 0 Å². The molecule has 1 amide bonds. The molecule has 2 aromatic carbocycles. The van der Waals surface area contributed by atoms with E-state index in [1.54, 1.807) is 5.51 Å². The second-order valence-corrected chi connectivity index (χ2v) is 8.58. The second kappa shape index (κ2) is 7.49. The summed E-state index contributed by atoms with van der Waals surface area (Å²) in [6.07, 6.45) is 0. The Morgan fingerprint density at radius 1 is 0.929 bits per heavy atom. The van der Waals surface area contributed by atoms with E-state index in [-0.39, 0.29) is 5.91 Å². The van der Waals surface area contributed by atoms with Gasteiger partial charge in [-0.3, -0.25) is 9.69 Å². The van der Waals surface area contributed by atoms with E-state index in [2.05, 4.69) is 58.4 Å². The van der Waals surface area contributed by atoms with Crippen LogP contribution in [-0.2, 0) is 6.54 Å². The molecule has 0 saturated carbocycles. The van der Waals surface area contributed by atoms with E-state index in [0.717, 1.165) is 32.7 Å². The number of nitrogens with zero attached hydrogens (tertiary/aromatic N) is 3. The van der Waals surface area contributed by atoms with E-state index in [1.807, 2.05) is 16.3 Å². The van der Waals surface area contributed by atoms with E-state index in [0.29, 0.717) is 17.5 Å². The molecule has 2 saturated heterocycles. The molecule has 0 unspecified atom stereocenters. The fourth-order valence-corrected chi connectivity index (χ4v) is 5.08. The molecular weight excluding hydrogens is 366 g/mol. The lowest BCUT2D eigenvalue weighted by molar-refractivity contribution is 0.0768. The first-order valence-electron chi connectivity index (χ1n) is 9.80. The summed E-state index contributed by atoms with van der Waals surface area (Å²) in [6.45, 7) is 4.87. The third-order valence-electron chi connectivity index (χ3n) is 5.97. The van der Waals surface area contributed by atoms with Crippen molar-refractivity contribution in [3.05, 3.63) is 76.7 Å². The summed E-state index contributed by atoms with van der Waals surface area (Å²) in [5.74, 6) is 1.27. The van der Waals surface area contributed by atoms with Crippen molar-refractivity contribution >= 4 is 17.2 Å². The van der Waals surface area contributed by atoms with Crippen LogP contribution in [0.25, 0.3) is 11.1 Å². The number of fused-ring (bicyclic) bond motifs is 1. The Kier molecular flexibility index (Phi) is 4.71. The van der Waals surface area contributed by atoms with Crippen LogP contribution in [0.5, 0.6) is 0 Å². The molecule has 2 aliphatic heterocycles. The van der Waals surface area contributed by atoms with Crippen molar-refractivity contribution in [3.63, 3.8) is 0 Å². The highest BCUT2D eigenvalue weighted by molar-refractivity contribution is 7.07. The molecule has 0 radical (unpaired) electrons. The van der Waals surface area contributed by atoms with Gasteiger partial charge in [0.25, 0.3) is 5.91 Å². The van der Waals surface area contributed by atoms with Gasteiger partial charge in [-0.1, -0.05) is 54.6 Å². The first kappa shape index (κ1) is 17.6. The first-order chi connectivity index (χ1) is 13.8. The number of hydrogen-bond donors (Lipinski definition) is 0. The molecule has 5 heteroatoms. The standard InChI is InChI=1S/C23H23N3OS/c27-23(22-15-28-16-24-22)26-13-20-11-25(12-21(20)14-26)10-17-6-8-19(9-7-17)18-4-2-1-3-5-18/h1-9,15-16,20-21H,10-14H2/t20-,21-/m1/s1. The Hall–Kier alpha value is -2.50. The SMILES string of the molecule is O=C(c1cscn1)N1C[C@H]2CN(Cc3ccc(-c4ccccc4)cc3)C[C@@H]2C1. The van der Waals surface area contributed by atoms with Gasteiger partial charge in [0.2, 0.25) is 0 Å². The zero-order valence-corrected chi connectivity index (χ0v) is 16.5. The molecule has 4 nitrogen and oxygen atoms in total. The lowest BCUT2D eigenvalue weighted by Gasteiger charge is -2.21. The van der Waals surface area contributed by atoms with Gasteiger partial charge in [-0.15, -0.1) is 11.3 Å². The van der Waals surface area contributed by atoms with Crippen molar-refractivity contribution in [1.29, 1.82) is 0 Å². The maximum atomic E-state index is 12.5. The Balaban J connectivity index is 1.18. The first-order valence-corrected chi connectivity index (χ1v) is 10.7. The zero-order valence-electron chi connectivity index (χ0n) is 15.7. The smallest absolute Gasteiger partial charge is 0.273 e. The van der Waals surface area contributed by atoms with Crippen molar-refractivity contribution in [3.8, 4) is 11.1 Å². The number of thiazole rings is 1. The molecule has 28 heavy (non-hydrogen) atoms. The summed E-state index contributed by atoms with van der Waals surface area (Å²) in [4.78, 5) is 21.2. The molecule has 0 N–H and O–H groups in total. The van der Waals surface area contributed by atoms with Crippen molar-refractivity contribution in [1.82, 2.24) is 14.8 Å². The average molecular weight is 390 g/mol. The highest BCUT2D eigenvalue weighted by Gasteiger charge is 2.41. The van der Waals surface area contributed by atoms with Crippen LogP contribution >= 0.6 is 11.3 Å². The Bertz CT molecular complexity index is 926. The zero-order chi connectivity index (χ0) is 18.9. The van der Waals surface area contributed by atoms with Crippen LogP contribution in [0.1, 0.15) is 16.1 Å². The quantitative estimate of drug-likeness (QED) is 0.676. The number of benzene rings is 2. The number of amides is 1. The van der Waals surface area contributed by atoms with Crippen LogP contribution < -0.4 is 0 Å². The molecule has 5 rings (SSSR count). The van der Waals surface area contributed by atoms with Crippen LogP contribution in [0.2, 0.25) is 0 Å². The summed E-state index contributed by atoms with van der Waals surface area (Å²) in [6, 6.07) is 19.4. The minimum absolute atomic E-state index is 0.0960. The highest BCUT2D eigenvalue weighted by atomic mass is 32.1. The molecule has 142 valence electrons. The Morgan fingerprint density at radius 3 is 2.25 bits per heavy atom. The molecule has 0 bridgehead atoms. The minimum atomic E-state index is 0.0960. The van der Waals surface area contributed by atoms with Crippen molar-refractivity contribution < 1.29 is 4.79 Å². The van der Waals surface area contributed by atoms with Gasteiger partial charge in [0.15, 0.2) is 0 Å². The lowest BCUT2D eigenvalue weighted by Crippen LogP contribution is -2.33. The van der Waals surface area contributed by atoms with Crippen LogP contribution in [0.4, 0.5) is 0 Å². The second-order valence-electron chi connectivity index (χ2n) is 7.86. The van der Waals surface area contributed by atoms with Crippen LogP contribution in [0, 0.1) is 11.8 Å². The van der Waals surface area contributed by atoms with Gasteiger partial charge in [-0.05, 0) is 28.5 Å². The molecule has 1 aromatic heterocycles. The number of hydrogen-bond acceptors (Lipinski definition) is 4. The van der Waals surface area contributed by atoms with Gasteiger partial charge >= 0.3 is 0 Å². The van der Waals surface area contributed by atoms with Crippen LogP contribution in [-0.4, -0.2) is 46.9 Å². The lowest BCUT2D eigenvalue weighted by atomic mass is 10.0. The fraction of sp³-hybridized carbons (Fsp3) is 0.304. The maximum Gasteiger partial charge on any atom is 0.273 e. The molecular formula is C23H23N3OS. The predicted molar refractivity (Wildman–Crippen MR) is 112 cm³/mol. The van der Waals surface area contributed by atoms with Gasteiger partial charge in [0, 0.05) is 38.1 Å². The Morgan fingerprint density at radius 2 is 1.61 bits per heavy atom.